The first-order valence-electron chi connectivity index (χ1n) is 18.1. The normalized spacial score (nSPS) is 23.5. The Bertz CT molecular complexity index is 1490. The topological polar surface area (TPSA) is 99.4 Å². The van der Waals surface area contributed by atoms with E-state index >= 15 is 0 Å². The maximum atomic E-state index is 11.7. The number of anilines is 2. The predicted octanol–water partition coefficient (Wildman–Crippen LogP) is 7.01. The van der Waals surface area contributed by atoms with E-state index in [1.165, 1.54) is 36.0 Å². The molecule has 3 atom stereocenters. The summed E-state index contributed by atoms with van der Waals surface area (Å²) in [7, 11) is 4.14. The number of carboxylic acid groups (broad SMARTS) is 1. The zero-order chi connectivity index (χ0) is 33.1. The van der Waals surface area contributed by atoms with Gasteiger partial charge in [-0.1, -0.05) is 43.7 Å². The quantitative estimate of drug-likeness (QED) is 0.231. The van der Waals surface area contributed by atoms with E-state index in [9.17, 15) is 9.90 Å². The van der Waals surface area contributed by atoms with E-state index in [1.807, 2.05) is 17.9 Å². The number of piperidine rings is 1. The fourth-order valence-electron chi connectivity index (χ4n) is 8.75. The molecule has 2 aliphatic carbocycles. The van der Waals surface area contributed by atoms with Crippen LogP contribution in [-0.2, 0) is 24.7 Å². The molecule has 2 N–H and O–H groups in total. The van der Waals surface area contributed by atoms with Crippen molar-refractivity contribution in [2.75, 3.05) is 30.4 Å². The summed E-state index contributed by atoms with van der Waals surface area (Å²) < 4.78 is 1.90. The molecule has 0 unspecified atom stereocenters. The fraction of sp³-hybridized carbons (Fsp3) is 0.632. The van der Waals surface area contributed by atoms with Gasteiger partial charge in [-0.2, -0.15) is 10.1 Å². The SMILES string of the molecule is CC[C@H](C1CCC(C(=O)O)CC1)N(C)c1nc2c(c(N[C@H](c3cnn(C)c3)C(C)(C)N3CCCCC3)n1)C[C@H](c1ccccc1)CC2. The molecule has 2 fully saturated rings. The van der Waals surface area contributed by atoms with Gasteiger partial charge >= 0.3 is 5.97 Å². The Morgan fingerprint density at radius 2 is 1.79 bits per heavy atom. The van der Waals surface area contributed by atoms with E-state index in [2.05, 4.69) is 84.6 Å². The van der Waals surface area contributed by atoms with Crippen molar-refractivity contribution in [3.05, 3.63) is 65.1 Å². The van der Waals surface area contributed by atoms with Gasteiger partial charge in [0.15, 0.2) is 0 Å². The fourth-order valence-corrected chi connectivity index (χ4v) is 8.75. The summed E-state index contributed by atoms with van der Waals surface area (Å²) in [6, 6.07) is 11.1. The van der Waals surface area contributed by atoms with Gasteiger partial charge in [0.25, 0.3) is 0 Å². The van der Waals surface area contributed by atoms with Crippen molar-refractivity contribution in [1.29, 1.82) is 0 Å². The Balaban J connectivity index is 1.37. The number of benzene rings is 1. The van der Waals surface area contributed by atoms with Crippen LogP contribution in [0.15, 0.2) is 42.7 Å². The summed E-state index contributed by atoms with van der Waals surface area (Å²) in [6.07, 6.45) is 15.1. The van der Waals surface area contributed by atoms with Gasteiger partial charge in [-0.3, -0.25) is 14.4 Å². The Labute approximate surface area is 281 Å². The Morgan fingerprint density at radius 3 is 2.43 bits per heavy atom. The van der Waals surface area contributed by atoms with Crippen LogP contribution in [-0.4, -0.2) is 67.4 Å². The van der Waals surface area contributed by atoms with Crippen LogP contribution in [0, 0.1) is 11.8 Å². The minimum Gasteiger partial charge on any atom is -0.481 e. The number of aryl methyl sites for hydroxylation is 2. The van der Waals surface area contributed by atoms with Crippen molar-refractivity contribution < 1.29 is 9.90 Å². The first-order valence-corrected chi connectivity index (χ1v) is 18.1. The molecule has 3 aromatic rings. The minimum absolute atomic E-state index is 0.0168. The molecular weight excluding hydrogens is 586 g/mol. The van der Waals surface area contributed by atoms with Crippen molar-refractivity contribution in [2.45, 2.75) is 115 Å². The molecule has 254 valence electrons. The monoisotopic (exact) mass is 641 g/mol. The molecule has 9 nitrogen and oxygen atoms in total. The molecule has 1 aliphatic heterocycles. The molecule has 3 heterocycles. The maximum Gasteiger partial charge on any atom is 0.306 e. The second-order valence-electron chi connectivity index (χ2n) is 14.9. The smallest absolute Gasteiger partial charge is 0.306 e. The Kier molecular flexibility index (Phi) is 10.2. The highest BCUT2D eigenvalue weighted by Crippen LogP contribution is 2.41. The van der Waals surface area contributed by atoms with Gasteiger partial charge in [-0.05, 0) is 109 Å². The molecule has 2 aromatic heterocycles. The Morgan fingerprint density at radius 1 is 1.06 bits per heavy atom. The lowest BCUT2D eigenvalue weighted by Gasteiger charge is -2.46. The molecule has 9 heteroatoms. The zero-order valence-electron chi connectivity index (χ0n) is 29.2. The van der Waals surface area contributed by atoms with Crippen LogP contribution in [0.25, 0.3) is 0 Å². The number of rotatable bonds is 11. The minimum atomic E-state index is -0.650. The van der Waals surface area contributed by atoms with Crippen LogP contribution < -0.4 is 10.2 Å². The summed E-state index contributed by atoms with van der Waals surface area (Å²) in [4.78, 5) is 27.3. The van der Waals surface area contributed by atoms with Crippen LogP contribution in [0.3, 0.4) is 0 Å². The van der Waals surface area contributed by atoms with Gasteiger partial charge in [0, 0.05) is 43.0 Å². The standard InChI is InChI=1S/C38H55N7O2/c1-6-33(27-15-17-28(18-16-27)36(46)47)44(5)37-40-32-20-19-29(26-13-9-7-10-14-26)23-31(32)35(42-37)41-34(30-24-39-43(4)25-30)38(2,3)45-21-11-8-12-22-45/h7,9-10,13-14,24-25,27-29,33-34H,6,8,11-12,15-23H2,1-5H3,(H,46,47)(H,40,41,42)/t27?,28?,29-,33-,34-/m1/s1. The van der Waals surface area contributed by atoms with Crippen molar-refractivity contribution in [3.8, 4) is 0 Å². The summed E-state index contributed by atoms with van der Waals surface area (Å²) in [5.41, 5.74) is 4.77. The van der Waals surface area contributed by atoms with Gasteiger partial charge in [-0.15, -0.1) is 0 Å². The molecule has 6 rings (SSSR count). The lowest BCUT2D eigenvalue weighted by Crippen LogP contribution is -2.52. The third-order valence-corrected chi connectivity index (χ3v) is 11.6. The largest absolute Gasteiger partial charge is 0.481 e. The highest BCUT2D eigenvalue weighted by molar-refractivity contribution is 5.70. The van der Waals surface area contributed by atoms with Crippen LogP contribution in [0.5, 0.6) is 0 Å². The van der Waals surface area contributed by atoms with E-state index in [4.69, 9.17) is 9.97 Å². The van der Waals surface area contributed by atoms with Crippen LogP contribution >= 0.6 is 0 Å². The number of aliphatic carboxylic acids is 1. The van der Waals surface area contributed by atoms with E-state index < -0.39 is 5.97 Å². The number of likely N-dealkylation sites (tertiary alicyclic amines) is 1. The molecule has 1 saturated carbocycles. The van der Waals surface area contributed by atoms with Crippen molar-refractivity contribution in [1.82, 2.24) is 24.6 Å². The van der Waals surface area contributed by atoms with Crippen LogP contribution in [0.1, 0.15) is 113 Å². The summed E-state index contributed by atoms with van der Waals surface area (Å²) in [6.45, 7) is 9.18. The second-order valence-corrected chi connectivity index (χ2v) is 14.9. The first kappa shape index (κ1) is 33.4. The average Bonchev–Trinajstić information content (AvgIpc) is 3.53. The molecule has 1 saturated heterocycles. The average molecular weight is 642 g/mol. The summed E-state index contributed by atoms with van der Waals surface area (Å²) >= 11 is 0. The number of nitrogens with zero attached hydrogens (tertiary/aromatic N) is 6. The lowest BCUT2D eigenvalue weighted by molar-refractivity contribution is -0.143. The molecular formula is C38H55N7O2. The Hall–Kier alpha value is -3.46. The maximum absolute atomic E-state index is 11.7. The number of nitrogens with one attached hydrogen (secondary N) is 1. The van der Waals surface area contributed by atoms with Gasteiger partial charge in [-0.25, -0.2) is 4.98 Å². The van der Waals surface area contributed by atoms with Crippen LogP contribution in [0.4, 0.5) is 11.8 Å². The van der Waals surface area contributed by atoms with Gasteiger partial charge in [0.05, 0.1) is 23.9 Å². The highest BCUT2D eigenvalue weighted by atomic mass is 16.4. The van der Waals surface area contributed by atoms with E-state index in [0.717, 1.165) is 81.9 Å². The number of hydrogen-bond donors (Lipinski definition) is 2. The third kappa shape index (κ3) is 7.20. The number of carbonyl (C=O) groups is 1. The van der Waals surface area contributed by atoms with Crippen LogP contribution in [0.2, 0.25) is 0 Å². The summed E-state index contributed by atoms with van der Waals surface area (Å²) in [5, 5.41) is 18.3. The molecule has 1 aromatic carbocycles. The highest BCUT2D eigenvalue weighted by Gasteiger charge is 2.40. The number of fused-ring (bicyclic) bond motifs is 1. The predicted molar refractivity (Wildman–Crippen MR) is 188 cm³/mol. The van der Waals surface area contributed by atoms with Gasteiger partial charge in [0.1, 0.15) is 5.82 Å². The zero-order valence-corrected chi connectivity index (χ0v) is 29.2. The number of hydrogen-bond acceptors (Lipinski definition) is 7. The third-order valence-electron chi connectivity index (χ3n) is 11.6. The molecule has 0 spiro atoms. The van der Waals surface area contributed by atoms with E-state index in [0.29, 0.717) is 11.8 Å². The molecule has 3 aliphatic rings. The lowest BCUT2D eigenvalue weighted by atomic mass is 9.77. The molecule has 0 amide bonds. The second kappa shape index (κ2) is 14.3. The van der Waals surface area contributed by atoms with Gasteiger partial charge < -0.3 is 15.3 Å². The van der Waals surface area contributed by atoms with Crippen molar-refractivity contribution in [2.24, 2.45) is 18.9 Å². The molecule has 0 radical (unpaired) electrons. The molecule has 0 bridgehead atoms. The van der Waals surface area contributed by atoms with E-state index in [1.54, 1.807) is 0 Å². The van der Waals surface area contributed by atoms with E-state index in [-0.39, 0.29) is 23.5 Å². The number of carboxylic acids is 1. The first-order chi connectivity index (χ1) is 22.7. The molecule has 47 heavy (non-hydrogen) atoms. The summed E-state index contributed by atoms with van der Waals surface area (Å²) in [5.74, 6) is 1.72. The van der Waals surface area contributed by atoms with Crippen molar-refractivity contribution >= 4 is 17.7 Å². The van der Waals surface area contributed by atoms with Gasteiger partial charge in [0.2, 0.25) is 5.95 Å². The van der Waals surface area contributed by atoms with Crippen molar-refractivity contribution in [3.63, 3.8) is 0 Å². The number of aromatic nitrogens is 4.